The van der Waals surface area contributed by atoms with Gasteiger partial charge < -0.3 is 5.32 Å². The molecule has 0 spiro atoms. The number of rotatable bonds is 4. The van der Waals surface area contributed by atoms with E-state index in [-0.39, 0.29) is 6.04 Å². The lowest BCUT2D eigenvalue weighted by Crippen LogP contribution is -2.18. The van der Waals surface area contributed by atoms with Gasteiger partial charge in [-0.25, -0.2) is 0 Å². The van der Waals surface area contributed by atoms with E-state index < -0.39 is 0 Å². The van der Waals surface area contributed by atoms with E-state index in [4.69, 9.17) is 34.8 Å². The third kappa shape index (κ3) is 3.87. The highest BCUT2D eigenvalue weighted by Gasteiger charge is 2.10. The van der Waals surface area contributed by atoms with Gasteiger partial charge in [0.05, 0.1) is 0 Å². The Balaban J connectivity index is 2.05. The molecule has 0 heterocycles. The zero-order valence-electron chi connectivity index (χ0n) is 10.5. The van der Waals surface area contributed by atoms with Gasteiger partial charge in [-0.3, -0.25) is 0 Å². The third-order valence-electron chi connectivity index (χ3n) is 2.99. The summed E-state index contributed by atoms with van der Waals surface area (Å²) >= 11 is 18.2. The molecule has 100 valence electrons. The highest BCUT2D eigenvalue weighted by Crippen LogP contribution is 2.26. The molecule has 1 N–H and O–H groups in total. The first-order valence-electron chi connectivity index (χ1n) is 5.99. The van der Waals surface area contributed by atoms with E-state index in [1.807, 2.05) is 36.4 Å². The van der Waals surface area contributed by atoms with Crippen LogP contribution in [0.4, 0.5) is 0 Å². The molecule has 0 saturated heterocycles. The van der Waals surface area contributed by atoms with E-state index in [9.17, 15) is 0 Å². The summed E-state index contributed by atoms with van der Waals surface area (Å²) in [6.07, 6.45) is 0. The van der Waals surface area contributed by atoms with E-state index >= 15 is 0 Å². The van der Waals surface area contributed by atoms with Crippen molar-refractivity contribution in [1.82, 2.24) is 5.32 Å². The SMILES string of the molecule is CC(NCc1ccccc1Cl)c1ccc(Cl)cc1Cl. The predicted octanol–water partition coefficient (Wildman–Crippen LogP) is 5.50. The lowest BCUT2D eigenvalue weighted by atomic mass is 10.1. The predicted molar refractivity (Wildman–Crippen MR) is 83.2 cm³/mol. The summed E-state index contributed by atoms with van der Waals surface area (Å²) < 4.78 is 0. The first-order valence-corrected chi connectivity index (χ1v) is 7.13. The average Bonchev–Trinajstić information content (AvgIpc) is 2.37. The molecule has 1 unspecified atom stereocenters. The largest absolute Gasteiger partial charge is 0.306 e. The van der Waals surface area contributed by atoms with Crippen LogP contribution in [0.15, 0.2) is 42.5 Å². The minimum atomic E-state index is 0.126. The van der Waals surface area contributed by atoms with Gasteiger partial charge in [-0.05, 0) is 36.2 Å². The molecule has 19 heavy (non-hydrogen) atoms. The van der Waals surface area contributed by atoms with Crippen molar-refractivity contribution in [3.8, 4) is 0 Å². The molecule has 4 heteroatoms. The Bertz CT molecular complexity index is 569. The Morgan fingerprint density at radius 3 is 2.42 bits per heavy atom. The average molecular weight is 315 g/mol. The minimum absolute atomic E-state index is 0.126. The van der Waals surface area contributed by atoms with Crippen molar-refractivity contribution >= 4 is 34.8 Å². The van der Waals surface area contributed by atoms with Crippen molar-refractivity contribution in [2.75, 3.05) is 0 Å². The van der Waals surface area contributed by atoms with Gasteiger partial charge in [0.2, 0.25) is 0 Å². The smallest absolute Gasteiger partial charge is 0.0468 e. The maximum atomic E-state index is 6.19. The molecule has 0 saturated carbocycles. The summed E-state index contributed by atoms with van der Waals surface area (Å²) in [5.74, 6) is 0. The molecule has 0 aliphatic rings. The number of halogens is 3. The highest BCUT2D eigenvalue weighted by molar-refractivity contribution is 6.35. The quantitative estimate of drug-likeness (QED) is 0.786. The lowest BCUT2D eigenvalue weighted by molar-refractivity contribution is 0.575. The van der Waals surface area contributed by atoms with Gasteiger partial charge in [0.1, 0.15) is 0 Å². The Morgan fingerprint density at radius 1 is 1.00 bits per heavy atom. The second-order valence-electron chi connectivity index (χ2n) is 4.36. The van der Waals surface area contributed by atoms with Gasteiger partial charge in [0.25, 0.3) is 0 Å². The van der Waals surface area contributed by atoms with Crippen molar-refractivity contribution in [3.05, 3.63) is 68.7 Å². The number of hydrogen-bond acceptors (Lipinski definition) is 1. The van der Waals surface area contributed by atoms with Gasteiger partial charge in [-0.15, -0.1) is 0 Å². The van der Waals surface area contributed by atoms with Crippen LogP contribution in [0.2, 0.25) is 15.1 Å². The molecule has 0 aromatic heterocycles. The molecule has 1 nitrogen and oxygen atoms in total. The van der Waals surface area contributed by atoms with Gasteiger partial charge in [-0.1, -0.05) is 59.1 Å². The van der Waals surface area contributed by atoms with Crippen molar-refractivity contribution < 1.29 is 0 Å². The van der Waals surface area contributed by atoms with E-state index in [0.29, 0.717) is 16.6 Å². The zero-order valence-corrected chi connectivity index (χ0v) is 12.7. The fourth-order valence-electron chi connectivity index (χ4n) is 1.87. The van der Waals surface area contributed by atoms with Gasteiger partial charge >= 0.3 is 0 Å². The zero-order chi connectivity index (χ0) is 13.8. The Labute approximate surface area is 128 Å². The van der Waals surface area contributed by atoms with E-state index in [2.05, 4.69) is 12.2 Å². The monoisotopic (exact) mass is 313 g/mol. The topological polar surface area (TPSA) is 12.0 Å². The summed E-state index contributed by atoms with van der Waals surface area (Å²) in [5, 5.41) is 5.49. The first kappa shape index (κ1) is 14.7. The van der Waals surface area contributed by atoms with Crippen LogP contribution >= 0.6 is 34.8 Å². The van der Waals surface area contributed by atoms with Crippen molar-refractivity contribution in [1.29, 1.82) is 0 Å². The molecule has 2 aromatic carbocycles. The second-order valence-corrected chi connectivity index (χ2v) is 5.61. The second kappa shape index (κ2) is 6.62. The summed E-state index contributed by atoms with van der Waals surface area (Å²) in [6.45, 7) is 2.76. The first-order chi connectivity index (χ1) is 9.08. The Morgan fingerprint density at radius 2 is 1.74 bits per heavy atom. The van der Waals surface area contributed by atoms with Crippen LogP contribution < -0.4 is 5.32 Å². The molecule has 0 aliphatic carbocycles. The van der Waals surface area contributed by atoms with E-state index in [1.54, 1.807) is 6.07 Å². The molecule has 0 bridgehead atoms. The van der Waals surface area contributed by atoms with Crippen LogP contribution in [0.1, 0.15) is 24.1 Å². The van der Waals surface area contributed by atoms with Crippen LogP contribution in [-0.2, 0) is 6.54 Å². The number of hydrogen-bond donors (Lipinski definition) is 1. The van der Waals surface area contributed by atoms with E-state index in [1.165, 1.54) is 0 Å². The molecule has 2 aromatic rings. The fraction of sp³-hybridized carbons (Fsp3) is 0.200. The third-order valence-corrected chi connectivity index (χ3v) is 3.92. The van der Waals surface area contributed by atoms with Crippen LogP contribution in [0.3, 0.4) is 0 Å². The maximum absolute atomic E-state index is 6.19. The molecular formula is C15H14Cl3N. The number of nitrogens with one attached hydrogen (secondary N) is 1. The summed E-state index contributed by atoms with van der Waals surface area (Å²) in [4.78, 5) is 0. The summed E-state index contributed by atoms with van der Waals surface area (Å²) in [5.41, 5.74) is 2.10. The molecule has 1 atom stereocenters. The molecule has 0 aliphatic heterocycles. The fourth-order valence-corrected chi connectivity index (χ4v) is 2.64. The Hall–Kier alpha value is -0.730. The van der Waals surface area contributed by atoms with Gasteiger partial charge in [0.15, 0.2) is 0 Å². The molecular weight excluding hydrogens is 301 g/mol. The number of benzene rings is 2. The molecule has 2 rings (SSSR count). The van der Waals surface area contributed by atoms with Crippen LogP contribution in [0, 0.1) is 0 Å². The summed E-state index contributed by atoms with van der Waals surface area (Å²) in [7, 11) is 0. The van der Waals surface area contributed by atoms with Crippen LogP contribution in [-0.4, -0.2) is 0 Å². The molecule has 0 amide bonds. The van der Waals surface area contributed by atoms with Crippen molar-refractivity contribution in [3.63, 3.8) is 0 Å². The summed E-state index contributed by atoms with van der Waals surface area (Å²) in [6, 6.07) is 13.5. The maximum Gasteiger partial charge on any atom is 0.0468 e. The Kier molecular flexibility index (Phi) is 5.12. The van der Waals surface area contributed by atoms with Crippen molar-refractivity contribution in [2.45, 2.75) is 19.5 Å². The highest BCUT2D eigenvalue weighted by atomic mass is 35.5. The van der Waals surface area contributed by atoms with E-state index in [0.717, 1.165) is 16.1 Å². The lowest BCUT2D eigenvalue weighted by Gasteiger charge is -2.16. The molecule has 0 radical (unpaired) electrons. The standard InChI is InChI=1S/C15H14Cl3N/c1-10(13-7-6-12(16)8-15(13)18)19-9-11-4-2-3-5-14(11)17/h2-8,10,19H,9H2,1H3. The van der Waals surface area contributed by atoms with Crippen LogP contribution in [0.5, 0.6) is 0 Å². The van der Waals surface area contributed by atoms with Gasteiger partial charge in [0, 0.05) is 27.7 Å². The normalized spacial score (nSPS) is 12.4. The molecule has 0 fully saturated rings. The van der Waals surface area contributed by atoms with Gasteiger partial charge in [-0.2, -0.15) is 0 Å². The van der Waals surface area contributed by atoms with Crippen LogP contribution in [0.25, 0.3) is 0 Å². The minimum Gasteiger partial charge on any atom is -0.306 e. The van der Waals surface area contributed by atoms with Crippen molar-refractivity contribution in [2.24, 2.45) is 0 Å².